The summed E-state index contributed by atoms with van der Waals surface area (Å²) in [5.41, 5.74) is 0.405. The van der Waals surface area contributed by atoms with Gasteiger partial charge in [-0.1, -0.05) is 25.1 Å². The summed E-state index contributed by atoms with van der Waals surface area (Å²) < 4.78 is 31.9. The third-order valence-corrected chi connectivity index (χ3v) is 4.25. The maximum atomic E-state index is 12.1. The van der Waals surface area contributed by atoms with Crippen LogP contribution in [0, 0.1) is 0 Å². The molecule has 0 radical (unpaired) electrons. The van der Waals surface area contributed by atoms with E-state index < -0.39 is 10.0 Å². The van der Waals surface area contributed by atoms with Crippen LogP contribution in [-0.4, -0.2) is 34.0 Å². The molecule has 0 aliphatic rings. The second-order valence-corrected chi connectivity index (χ2v) is 6.16. The van der Waals surface area contributed by atoms with E-state index in [0.29, 0.717) is 25.2 Å². The average Bonchev–Trinajstić information content (AvgIpc) is 2.50. The van der Waals surface area contributed by atoms with Gasteiger partial charge in [0.2, 0.25) is 10.0 Å². The summed E-state index contributed by atoms with van der Waals surface area (Å²) in [6.45, 7) is 6.30. The highest BCUT2D eigenvalue weighted by Crippen LogP contribution is 2.12. The molecular weight excluding hydrogens is 290 g/mol. The van der Waals surface area contributed by atoms with E-state index in [0.717, 1.165) is 6.42 Å². The van der Waals surface area contributed by atoms with Crippen molar-refractivity contribution in [3.63, 3.8) is 0 Å². The van der Waals surface area contributed by atoms with E-state index in [-0.39, 0.29) is 17.2 Å². The second kappa shape index (κ2) is 8.71. The Bertz CT molecular complexity index is 581. The smallest absolute Gasteiger partial charge is 0.240 e. The number of benzene rings is 1. The van der Waals surface area contributed by atoms with Gasteiger partial charge in [-0.05, 0) is 18.6 Å². The summed E-state index contributed by atoms with van der Waals surface area (Å²) in [6.07, 6.45) is 2.81. The predicted octanol–water partition coefficient (Wildman–Crippen LogP) is 2.15. The fourth-order valence-corrected chi connectivity index (χ4v) is 2.70. The van der Waals surface area contributed by atoms with E-state index >= 15 is 0 Å². The molecule has 0 aliphatic carbocycles. The van der Waals surface area contributed by atoms with Crippen LogP contribution in [0.2, 0.25) is 0 Å². The summed E-state index contributed by atoms with van der Waals surface area (Å²) in [5.74, 6) is -0.0835. The first kappa shape index (κ1) is 17.6. The topological polar surface area (TPSA) is 72.5 Å². The van der Waals surface area contributed by atoms with Gasteiger partial charge in [0, 0.05) is 18.5 Å². The summed E-state index contributed by atoms with van der Waals surface area (Å²) >= 11 is 0. The Balaban J connectivity index is 2.62. The van der Waals surface area contributed by atoms with Crippen molar-refractivity contribution in [2.45, 2.75) is 24.7 Å². The van der Waals surface area contributed by atoms with E-state index in [1.807, 2.05) is 0 Å². The molecule has 0 bridgehead atoms. The van der Waals surface area contributed by atoms with Crippen LogP contribution in [0.15, 0.2) is 41.8 Å². The largest absolute Gasteiger partial charge is 0.380 e. The lowest BCUT2D eigenvalue weighted by Gasteiger charge is -2.08. The molecule has 1 aromatic carbocycles. The maximum Gasteiger partial charge on any atom is 0.240 e. The maximum absolute atomic E-state index is 12.1. The van der Waals surface area contributed by atoms with Crippen molar-refractivity contribution in [2.75, 3.05) is 19.8 Å². The minimum absolute atomic E-state index is 0.0835. The van der Waals surface area contributed by atoms with Gasteiger partial charge in [-0.15, -0.1) is 6.58 Å². The van der Waals surface area contributed by atoms with E-state index in [1.54, 1.807) is 25.1 Å². The normalized spacial score (nSPS) is 11.3. The van der Waals surface area contributed by atoms with Crippen molar-refractivity contribution < 1.29 is 17.9 Å². The summed E-state index contributed by atoms with van der Waals surface area (Å²) in [6, 6.07) is 6.04. The first-order chi connectivity index (χ1) is 10.0. The Labute approximate surface area is 126 Å². The van der Waals surface area contributed by atoms with Crippen molar-refractivity contribution in [3.05, 3.63) is 42.5 Å². The lowest BCUT2D eigenvalue weighted by atomic mass is 10.1. The second-order valence-electron chi connectivity index (χ2n) is 4.39. The van der Waals surface area contributed by atoms with Gasteiger partial charge in [0.05, 0.1) is 18.1 Å². The third kappa shape index (κ3) is 5.79. The van der Waals surface area contributed by atoms with Crippen LogP contribution in [0.25, 0.3) is 0 Å². The van der Waals surface area contributed by atoms with Crippen molar-refractivity contribution in [1.29, 1.82) is 0 Å². The van der Waals surface area contributed by atoms with E-state index in [1.165, 1.54) is 12.1 Å². The van der Waals surface area contributed by atoms with Gasteiger partial charge in [-0.3, -0.25) is 4.79 Å². The molecule has 21 heavy (non-hydrogen) atoms. The SMILES string of the molecule is C=CCCOCCNS(=O)(=O)c1cccc(C(=O)CC)c1. The number of nitrogens with one attached hydrogen (secondary N) is 1. The number of ketones is 1. The van der Waals surface area contributed by atoms with Crippen LogP contribution < -0.4 is 4.72 Å². The molecular formula is C15H21NO4S. The molecule has 0 fully saturated rings. The molecule has 1 rings (SSSR count). The Morgan fingerprint density at radius 2 is 2.14 bits per heavy atom. The zero-order chi connectivity index (χ0) is 15.7. The van der Waals surface area contributed by atoms with E-state index in [2.05, 4.69) is 11.3 Å². The Kier molecular flexibility index (Phi) is 7.28. The van der Waals surface area contributed by atoms with Crippen LogP contribution >= 0.6 is 0 Å². The number of rotatable bonds is 10. The number of ether oxygens (including phenoxy) is 1. The molecule has 0 aromatic heterocycles. The number of carbonyl (C=O) groups is 1. The Morgan fingerprint density at radius 1 is 1.38 bits per heavy atom. The molecule has 0 saturated heterocycles. The molecule has 0 saturated carbocycles. The Morgan fingerprint density at radius 3 is 2.81 bits per heavy atom. The molecule has 6 heteroatoms. The number of carbonyl (C=O) groups excluding carboxylic acids is 1. The highest BCUT2D eigenvalue weighted by Gasteiger charge is 2.15. The highest BCUT2D eigenvalue weighted by atomic mass is 32.2. The standard InChI is InChI=1S/C15H21NO4S/c1-3-5-10-20-11-9-16-21(18,19)14-8-6-7-13(12-14)15(17)4-2/h3,6-8,12,16H,1,4-5,9-11H2,2H3. The highest BCUT2D eigenvalue weighted by molar-refractivity contribution is 7.89. The monoisotopic (exact) mass is 311 g/mol. The van der Waals surface area contributed by atoms with Crippen LogP contribution in [0.4, 0.5) is 0 Å². The van der Waals surface area contributed by atoms with Crippen LogP contribution in [0.1, 0.15) is 30.1 Å². The van der Waals surface area contributed by atoms with E-state index in [9.17, 15) is 13.2 Å². The number of hydrogen-bond acceptors (Lipinski definition) is 4. The zero-order valence-electron chi connectivity index (χ0n) is 12.2. The van der Waals surface area contributed by atoms with E-state index in [4.69, 9.17) is 4.74 Å². The summed E-state index contributed by atoms with van der Waals surface area (Å²) in [4.78, 5) is 11.7. The van der Waals surface area contributed by atoms with Crippen molar-refractivity contribution in [2.24, 2.45) is 0 Å². The quantitative estimate of drug-likeness (QED) is 0.408. The molecule has 0 unspecified atom stereocenters. The number of Topliss-reactive ketones (excluding diaryl/α,β-unsaturated/α-hetero) is 1. The van der Waals surface area contributed by atoms with Crippen molar-refractivity contribution in [3.8, 4) is 0 Å². The van der Waals surface area contributed by atoms with Gasteiger partial charge >= 0.3 is 0 Å². The van der Waals surface area contributed by atoms with Gasteiger partial charge in [0.25, 0.3) is 0 Å². The van der Waals surface area contributed by atoms with Gasteiger partial charge in [-0.2, -0.15) is 0 Å². The summed E-state index contributed by atoms with van der Waals surface area (Å²) in [5, 5.41) is 0. The fourth-order valence-electron chi connectivity index (χ4n) is 1.64. The van der Waals surface area contributed by atoms with Gasteiger partial charge in [-0.25, -0.2) is 13.1 Å². The minimum Gasteiger partial charge on any atom is -0.380 e. The van der Waals surface area contributed by atoms with Crippen molar-refractivity contribution in [1.82, 2.24) is 4.72 Å². The lowest BCUT2D eigenvalue weighted by Crippen LogP contribution is -2.27. The molecule has 0 amide bonds. The average molecular weight is 311 g/mol. The van der Waals surface area contributed by atoms with Crippen LogP contribution in [0.3, 0.4) is 0 Å². The number of sulfonamides is 1. The molecule has 0 aliphatic heterocycles. The number of hydrogen-bond donors (Lipinski definition) is 1. The molecule has 1 aromatic rings. The van der Waals surface area contributed by atoms with Gasteiger partial charge < -0.3 is 4.74 Å². The predicted molar refractivity (Wildman–Crippen MR) is 81.9 cm³/mol. The third-order valence-electron chi connectivity index (χ3n) is 2.79. The molecule has 1 N–H and O–H groups in total. The lowest BCUT2D eigenvalue weighted by molar-refractivity contribution is 0.0988. The minimum atomic E-state index is -3.62. The first-order valence-corrected chi connectivity index (χ1v) is 8.31. The van der Waals surface area contributed by atoms with Gasteiger partial charge in [0.1, 0.15) is 0 Å². The first-order valence-electron chi connectivity index (χ1n) is 6.83. The summed E-state index contributed by atoms with van der Waals surface area (Å²) in [7, 11) is -3.62. The molecule has 0 spiro atoms. The van der Waals surface area contributed by atoms with Crippen LogP contribution in [0.5, 0.6) is 0 Å². The zero-order valence-corrected chi connectivity index (χ0v) is 13.0. The van der Waals surface area contributed by atoms with Crippen LogP contribution in [-0.2, 0) is 14.8 Å². The molecule has 0 atom stereocenters. The Hall–Kier alpha value is -1.50. The van der Waals surface area contributed by atoms with Crippen molar-refractivity contribution >= 4 is 15.8 Å². The molecule has 5 nitrogen and oxygen atoms in total. The molecule has 0 heterocycles. The fraction of sp³-hybridized carbons (Fsp3) is 0.400. The van der Waals surface area contributed by atoms with Gasteiger partial charge in [0.15, 0.2) is 5.78 Å². The molecule has 116 valence electrons.